The van der Waals surface area contributed by atoms with Crippen LogP contribution in [0.4, 0.5) is 10.1 Å². The highest BCUT2D eigenvalue weighted by Gasteiger charge is 2.29. The normalized spacial score (nSPS) is 16.1. The number of hydrogen-bond donors (Lipinski definition) is 1. The Balaban J connectivity index is 1.55. The van der Waals surface area contributed by atoms with Gasteiger partial charge >= 0.3 is 0 Å². The van der Waals surface area contributed by atoms with Crippen molar-refractivity contribution >= 4 is 44.8 Å². The second-order valence-electron chi connectivity index (χ2n) is 6.31. The molecule has 0 unspecified atom stereocenters. The average molecular weight is 446 g/mol. The molecule has 1 fully saturated rings. The summed E-state index contributed by atoms with van der Waals surface area (Å²) in [6.07, 6.45) is 0. The first kappa shape index (κ1) is 21.0. The second kappa shape index (κ2) is 8.75. The van der Waals surface area contributed by atoms with E-state index in [1.54, 1.807) is 0 Å². The smallest absolute Gasteiger partial charge is 0.243 e. The van der Waals surface area contributed by atoms with Crippen LogP contribution >= 0.6 is 23.2 Å². The average Bonchev–Trinajstić information content (AvgIpc) is 2.65. The van der Waals surface area contributed by atoms with Gasteiger partial charge in [-0.1, -0.05) is 23.2 Å². The van der Waals surface area contributed by atoms with Crippen LogP contribution in [0.1, 0.15) is 0 Å². The predicted octanol–water partition coefficient (Wildman–Crippen LogP) is 3.08. The highest BCUT2D eigenvalue weighted by molar-refractivity contribution is 7.89. The molecular formula is C18H18Cl2FN3O3S. The Bertz CT molecular complexity index is 963. The summed E-state index contributed by atoms with van der Waals surface area (Å²) in [4.78, 5) is 14.2. The van der Waals surface area contributed by atoms with Gasteiger partial charge in [-0.05, 0) is 42.5 Å². The van der Waals surface area contributed by atoms with E-state index in [0.717, 1.165) is 0 Å². The molecule has 0 spiro atoms. The highest BCUT2D eigenvalue weighted by Crippen LogP contribution is 2.21. The molecule has 1 saturated heterocycles. The van der Waals surface area contributed by atoms with E-state index in [1.807, 2.05) is 4.90 Å². The predicted molar refractivity (Wildman–Crippen MR) is 107 cm³/mol. The lowest BCUT2D eigenvalue weighted by Crippen LogP contribution is -2.50. The first-order valence-electron chi connectivity index (χ1n) is 8.49. The molecule has 2 aromatic carbocycles. The van der Waals surface area contributed by atoms with E-state index in [9.17, 15) is 17.6 Å². The zero-order chi connectivity index (χ0) is 20.3. The Kier molecular flexibility index (Phi) is 6.57. The van der Waals surface area contributed by atoms with E-state index in [1.165, 1.54) is 46.8 Å². The lowest BCUT2D eigenvalue weighted by molar-refractivity contribution is -0.117. The Labute approximate surface area is 172 Å². The van der Waals surface area contributed by atoms with Gasteiger partial charge in [0.25, 0.3) is 0 Å². The fraction of sp³-hybridized carbons (Fsp3) is 0.278. The summed E-state index contributed by atoms with van der Waals surface area (Å²) in [6.45, 7) is 1.31. The Morgan fingerprint density at radius 2 is 1.61 bits per heavy atom. The molecule has 0 bridgehead atoms. The van der Waals surface area contributed by atoms with Gasteiger partial charge in [0.2, 0.25) is 15.9 Å². The molecule has 0 radical (unpaired) electrons. The van der Waals surface area contributed by atoms with Crippen LogP contribution in [-0.4, -0.2) is 56.3 Å². The maximum Gasteiger partial charge on any atom is 0.243 e. The second-order valence-corrected chi connectivity index (χ2v) is 9.12. The van der Waals surface area contributed by atoms with Crippen molar-refractivity contribution in [3.05, 3.63) is 58.3 Å². The topological polar surface area (TPSA) is 69.7 Å². The molecule has 150 valence electrons. The summed E-state index contributed by atoms with van der Waals surface area (Å²) in [6, 6.07) is 9.92. The zero-order valence-corrected chi connectivity index (χ0v) is 17.1. The minimum Gasteiger partial charge on any atom is -0.322 e. The molecule has 0 aromatic heterocycles. The lowest BCUT2D eigenvalue weighted by Gasteiger charge is -2.33. The minimum atomic E-state index is -3.61. The van der Waals surface area contributed by atoms with Crippen LogP contribution in [-0.2, 0) is 14.8 Å². The van der Waals surface area contributed by atoms with Crippen LogP contribution in [0.3, 0.4) is 0 Å². The van der Waals surface area contributed by atoms with Crippen molar-refractivity contribution in [1.82, 2.24) is 9.21 Å². The largest absolute Gasteiger partial charge is 0.322 e. The summed E-state index contributed by atoms with van der Waals surface area (Å²) < 4.78 is 40.4. The number of rotatable bonds is 5. The summed E-state index contributed by atoms with van der Waals surface area (Å²) in [5, 5.41) is 3.27. The molecule has 10 heteroatoms. The van der Waals surface area contributed by atoms with Gasteiger partial charge in [0.05, 0.1) is 17.1 Å². The number of anilines is 1. The van der Waals surface area contributed by atoms with Crippen LogP contribution in [0, 0.1) is 5.82 Å². The molecular weight excluding hydrogens is 428 g/mol. The van der Waals surface area contributed by atoms with Crippen LogP contribution < -0.4 is 5.32 Å². The molecule has 0 saturated carbocycles. The molecule has 1 aliphatic rings. The van der Waals surface area contributed by atoms with Gasteiger partial charge < -0.3 is 5.32 Å². The Morgan fingerprint density at radius 1 is 1.00 bits per heavy atom. The molecule has 1 aliphatic heterocycles. The molecule has 1 N–H and O–H groups in total. The summed E-state index contributed by atoms with van der Waals surface area (Å²) in [7, 11) is -3.61. The fourth-order valence-corrected chi connectivity index (χ4v) is 4.59. The number of piperazine rings is 1. The third kappa shape index (κ3) is 5.01. The van der Waals surface area contributed by atoms with Crippen molar-refractivity contribution in [2.24, 2.45) is 0 Å². The van der Waals surface area contributed by atoms with Crippen molar-refractivity contribution in [3.63, 3.8) is 0 Å². The number of halogens is 3. The van der Waals surface area contributed by atoms with E-state index in [0.29, 0.717) is 23.1 Å². The number of hydrogen-bond acceptors (Lipinski definition) is 4. The Morgan fingerprint density at radius 3 is 2.25 bits per heavy atom. The van der Waals surface area contributed by atoms with Gasteiger partial charge in [0, 0.05) is 36.2 Å². The van der Waals surface area contributed by atoms with Crippen molar-refractivity contribution in [2.45, 2.75) is 4.90 Å². The number of sulfonamides is 1. The minimum absolute atomic E-state index is 0.0152. The maximum absolute atomic E-state index is 13.7. The van der Waals surface area contributed by atoms with Gasteiger partial charge in [-0.25, -0.2) is 12.8 Å². The van der Waals surface area contributed by atoms with E-state index in [2.05, 4.69) is 5.32 Å². The molecule has 28 heavy (non-hydrogen) atoms. The van der Waals surface area contributed by atoms with Gasteiger partial charge in [0.1, 0.15) is 5.82 Å². The van der Waals surface area contributed by atoms with Crippen molar-refractivity contribution in [3.8, 4) is 0 Å². The molecule has 2 aromatic rings. The van der Waals surface area contributed by atoms with Gasteiger partial charge in [0.15, 0.2) is 0 Å². The zero-order valence-electron chi connectivity index (χ0n) is 14.7. The molecule has 1 heterocycles. The van der Waals surface area contributed by atoms with E-state index in [4.69, 9.17) is 23.2 Å². The van der Waals surface area contributed by atoms with Gasteiger partial charge in [-0.3, -0.25) is 9.69 Å². The number of carbonyl (C=O) groups excluding carboxylic acids is 1. The standard InChI is InChI=1S/C18H18Cl2FN3O3S/c19-13-1-4-15(5-2-13)28(26,27)24-9-7-23(8-10-24)12-18(25)22-17-11-14(20)3-6-16(17)21/h1-6,11H,7-10,12H2,(H,22,25). The maximum atomic E-state index is 13.7. The number of carbonyl (C=O) groups is 1. The molecule has 0 aliphatic carbocycles. The van der Waals surface area contributed by atoms with Gasteiger partial charge in [-0.2, -0.15) is 4.31 Å². The molecule has 3 rings (SSSR count). The summed E-state index contributed by atoms with van der Waals surface area (Å²) >= 11 is 11.6. The quantitative estimate of drug-likeness (QED) is 0.767. The number of nitrogens with zero attached hydrogens (tertiary/aromatic N) is 2. The van der Waals surface area contributed by atoms with E-state index in [-0.39, 0.29) is 30.2 Å². The molecule has 0 atom stereocenters. The van der Waals surface area contributed by atoms with Crippen LogP contribution in [0.2, 0.25) is 10.0 Å². The van der Waals surface area contributed by atoms with E-state index >= 15 is 0 Å². The summed E-state index contributed by atoms with van der Waals surface area (Å²) in [5.74, 6) is -0.966. The summed E-state index contributed by atoms with van der Waals surface area (Å²) in [5.41, 5.74) is 0.0152. The Hall–Kier alpha value is -1.71. The number of benzene rings is 2. The third-order valence-electron chi connectivity index (χ3n) is 4.35. The molecule has 1 amide bonds. The van der Waals surface area contributed by atoms with Crippen LogP contribution in [0.15, 0.2) is 47.4 Å². The van der Waals surface area contributed by atoms with Crippen molar-refractivity contribution in [1.29, 1.82) is 0 Å². The van der Waals surface area contributed by atoms with Gasteiger partial charge in [-0.15, -0.1) is 0 Å². The number of nitrogens with one attached hydrogen (secondary N) is 1. The monoisotopic (exact) mass is 445 g/mol. The SMILES string of the molecule is O=C(CN1CCN(S(=O)(=O)c2ccc(Cl)cc2)CC1)Nc1cc(Cl)ccc1F. The number of amides is 1. The lowest BCUT2D eigenvalue weighted by atomic mass is 10.3. The first-order chi connectivity index (χ1) is 13.3. The van der Waals surface area contributed by atoms with Crippen molar-refractivity contribution < 1.29 is 17.6 Å². The fourth-order valence-electron chi connectivity index (χ4n) is 2.87. The highest BCUT2D eigenvalue weighted by atomic mass is 35.5. The van der Waals surface area contributed by atoms with Crippen LogP contribution in [0.5, 0.6) is 0 Å². The van der Waals surface area contributed by atoms with Crippen molar-refractivity contribution in [2.75, 3.05) is 38.0 Å². The first-order valence-corrected chi connectivity index (χ1v) is 10.7. The van der Waals surface area contributed by atoms with E-state index < -0.39 is 21.7 Å². The molecule has 6 nitrogen and oxygen atoms in total. The third-order valence-corrected chi connectivity index (χ3v) is 6.75. The van der Waals surface area contributed by atoms with Crippen LogP contribution in [0.25, 0.3) is 0 Å².